The molecule has 226 valence electrons. The zero-order valence-corrected chi connectivity index (χ0v) is 25.7. The van der Waals surface area contributed by atoms with E-state index in [1.165, 1.54) is 6.08 Å². The van der Waals surface area contributed by atoms with E-state index in [9.17, 15) is 18.0 Å². The van der Waals surface area contributed by atoms with Crippen LogP contribution in [-0.2, 0) is 28.0 Å². The van der Waals surface area contributed by atoms with Crippen molar-refractivity contribution in [1.29, 1.82) is 0 Å². The lowest BCUT2D eigenvalue weighted by Crippen LogP contribution is -2.33. The van der Waals surface area contributed by atoms with Crippen molar-refractivity contribution < 1.29 is 27.5 Å². The van der Waals surface area contributed by atoms with Crippen molar-refractivity contribution in [2.75, 3.05) is 6.26 Å². The van der Waals surface area contributed by atoms with Crippen molar-refractivity contribution in [3.63, 3.8) is 0 Å². The zero-order chi connectivity index (χ0) is 31.4. The maximum atomic E-state index is 13.0. The van der Waals surface area contributed by atoms with Crippen LogP contribution in [0.4, 0.5) is 4.79 Å². The molecule has 0 N–H and O–H groups in total. The second kappa shape index (κ2) is 12.8. The van der Waals surface area contributed by atoms with Gasteiger partial charge in [-0.1, -0.05) is 78.9 Å². The molecule has 0 radical (unpaired) electrons. The molecule has 0 atom stereocenters. The molecule has 9 nitrogen and oxygen atoms in total. The Bertz CT molecular complexity index is 1930. The number of rotatable bonds is 10. The van der Waals surface area contributed by atoms with E-state index in [4.69, 9.17) is 14.6 Å². The third-order valence-electron chi connectivity index (χ3n) is 6.79. The number of thioether (sulfide) groups is 1. The fourth-order valence-electron chi connectivity index (χ4n) is 4.67. The highest BCUT2D eigenvalue weighted by Crippen LogP contribution is 2.37. The number of sulfonamides is 1. The molecule has 0 aliphatic carbocycles. The van der Waals surface area contributed by atoms with Crippen LogP contribution >= 0.6 is 11.8 Å². The Kier molecular flexibility index (Phi) is 8.54. The van der Waals surface area contributed by atoms with Crippen molar-refractivity contribution in [1.82, 2.24) is 14.1 Å². The Morgan fingerprint density at radius 2 is 1.31 bits per heavy atom. The van der Waals surface area contributed by atoms with Gasteiger partial charge in [-0.2, -0.15) is 9.40 Å². The zero-order valence-electron chi connectivity index (χ0n) is 24.1. The average Bonchev–Trinajstić information content (AvgIpc) is 3.60. The summed E-state index contributed by atoms with van der Waals surface area (Å²) in [7, 11) is -4.08. The van der Waals surface area contributed by atoms with Crippen molar-refractivity contribution in [2.24, 2.45) is 0 Å². The minimum atomic E-state index is -4.08. The van der Waals surface area contributed by atoms with Crippen molar-refractivity contribution in [3.05, 3.63) is 137 Å². The van der Waals surface area contributed by atoms with E-state index in [1.54, 1.807) is 16.9 Å². The highest BCUT2D eigenvalue weighted by atomic mass is 32.2. The molecule has 6 rings (SSSR count). The van der Waals surface area contributed by atoms with Crippen LogP contribution < -0.4 is 9.47 Å². The Balaban J connectivity index is 1.43. The summed E-state index contributed by atoms with van der Waals surface area (Å²) in [4.78, 5) is 25.5. The highest BCUT2D eigenvalue weighted by molar-refractivity contribution is 8.19. The number of hydrogen-bond donors (Lipinski definition) is 0. The molecule has 2 heterocycles. The normalized spacial score (nSPS) is 14.2. The molecule has 1 fully saturated rings. The number of para-hydroxylation sites is 1. The van der Waals surface area contributed by atoms with Gasteiger partial charge in [0.2, 0.25) is 10.0 Å². The number of imide groups is 1. The predicted octanol–water partition coefficient (Wildman–Crippen LogP) is 6.69. The summed E-state index contributed by atoms with van der Waals surface area (Å²) in [5.41, 5.74) is 4.34. The quantitative estimate of drug-likeness (QED) is 0.156. The topological polar surface area (TPSA) is 108 Å². The molecular weight excluding hydrogens is 611 g/mol. The Labute approximate surface area is 264 Å². The second-order valence-corrected chi connectivity index (χ2v) is 13.0. The van der Waals surface area contributed by atoms with E-state index in [0.717, 1.165) is 23.1 Å². The predicted molar refractivity (Wildman–Crippen MR) is 173 cm³/mol. The van der Waals surface area contributed by atoms with Gasteiger partial charge in [-0.05, 0) is 53.2 Å². The van der Waals surface area contributed by atoms with Gasteiger partial charge in [0.05, 0.1) is 16.8 Å². The van der Waals surface area contributed by atoms with Gasteiger partial charge in [0.25, 0.3) is 5.91 Å². The number of nitrogens with zero attached hydrogens (tertiary/aromatic N) is 3. The van der Waals surface area contributed by atoms with Crippen LogP contribution in [0.15, 0.2) is 120 Å². The lowest BCUT2D eigenvalue weighted by atomic mass is 10.1. The van der Waals surface area contributed by atoms with Crippen molar-refractivity contribution >= 4 is 39.0 Å². The molecule has 45 heavy (non-hydrogen) atoms. The molecule has 11 heteroatoms. The van der Waals surface area contributed by atoms with Crippen LogP contribution in [0.2, 0.25) is 0 Å². The van der Waals surface area contributed by atoms with E-state index in [2.05, 4.69) is 0 Å². The maximum absolute atomic E-state index is 13.0. The number of benzene rings is 4. The molecular formula is C34H27N3O6S2. The van der Waals surface area contributed by atoms with Gasteiger partial charge in [-0.15, -0.1) is 0 Å². The molecule has 1 aliphatic rings. The van der Waals surface area contributed by atoms with Gasteiger partial charge in [-0.3, -0.25) is 9.59 Å². The Hall–Kier alpha value is -5.13. The Morgan fingerprint density at radius 3 is 1.82 bits per heavy atom. The van der Waals surface area contributed by atoms with Crippen LogP contribution in [0.5, 0.6) is 11.5 Å². The van der Waals surface area contributed by atoms with Gasteiger partial charge >= 0.3 is 5.24 Å². The number of carbonyl (C=O) groups is 2. The maximum Gasteiger partial charge on any atom is 0.307 e. The fraction of sp³-hybridized carbons (Fsp3) is 0.0882. The van der Waals surface area contributed by atoms with Crippen LogP contribution in [-0.4, -0.2) is 39.9 Å². The summed E-state index contributed by atoms with van der Waals surface area (Å²) in [6.45, 7) is 0.652. The largest absolute Gasteiger partial charge is 0.489 e. The average molecular weight is 638 g/mol. The van der Waals surface area contributed by atoms with E-state index in [0.29, 0.717) is 53.3 Å². The molecule has 0 saturated carbocycles. The summed E-state index contributed by atoms with van der Waals surface area (Å²) in [6.07, 6.45) is 4.03. The molecule has 2 amide bonds. The van der Waals surface area contributed by atoms with Crippen molar-refractivity contribution in [2.45, 2.75) is 13.2 Å². The lowest BCUT2D eigenvalue weighted by Gasteiger charge is -2.13. The molecule has 0 spiro atoms. The number of amides is 2. The van der Waals surface area contributed by atoms with Crippen molar-refractivity contribution in [3.8, 4) is 28.4 Å². The first kappa shape index (κ1) is 29.9. The summed E-state index contributed by atoms with van der Waals surface area (Å²) in [6, 6.07) is 34.4. The summed E-state index contributed by atoms with van der Waals surface area (Å²) in [5, 5.41) is 3.97. The van der Waals surface area contributed by atoms with Crippen LogP contribution in [0.1, 0.15) is 16.7 Å². The summed E-state index contributed by atoms with van der Waals surface area (Å²) in [5.74, 6) is 0.173. The third kappa shape index (κ3) is 7.00. The van der Waals surface area contributed by atoms with E-state index in [-0.39, 0.29) is 9.21 Å². The molecule has 4 aromatic carbocycles. The first-order valence-corrected chi connectivity index (χ1v) is 16.5. The van der Waals surface area contributed by atoms with E-state index >= 15 is 0 Å². The van der Waals surface area contributed by atoms with Gasteiger partial charge in [0.15, 0.2) is 0 Å². The smallest absolute Gasteiger partial charge is 0.307 e. The van der Waals surface area contributed by atoms with Crippen LogP contribution in [0, 0.1) is 0 Å². The lowest BCUT2D eigenvalue weighted by molar-refractivity contribution is -0.119. The first-order valence-electron chi connectivity index (χ1n) is 13.9. The van der Waals surface area contributed by atoms with E-state index in [1.807, 2.05) is 103 Å². The second-order valence-electron chi connectivity index (χ2n) is 10.2. The van der Waals surface area contributed by atoms with Gasteiger partial charge in [0.1, 0.15) is 30.4 Å². The molecule has 1 aliphatic heterocycles. The first-order chi connectivity index (χ1) is 21.7. The van der Waals surface area contributed by atoms with E-state index < -0.39 is 21.2 Å². The fourth-order valence-corrected chi connectivity index (χ4v) is 6.63. The standard InChI is InChI=1S/C34H27N3O6S2/c1-45(40,41)37-33(38)31(44-34(37)39)19-27-21-36(28-15-9-4-10-16-28)35-32(27)26-17-29(42-22-24-11-5-2-6-12-24)20-30(18-26)43-23-25-13-7-3-8-14-25/h2-21H,22-23H2,1H3/b31-19-. The summed E-state index contributed by atoms with van der Waals surface area (Å²) < 4.78 is 38.6. The number of hydrogen-bond acceptors (Lipinski definition) is 8. The van der Waals surface area contributed by atoms with Gasteiger partial charge in [0, 0.05) is 23.4 Å². The van der Waals surface area contributed by atoms with Crippen LogP contribution in [0.3, 0.4) is 0 Å². The highest BCUT2D eigenvalue weighted by Gasteiger charge is 2.41. The number of ether oxygens (including phenoxy) is 2. The molecule has 5 aromatic rings. The van der Waals surface area contributed by atoms with Crippen LogP contribution in [0.25, 0.3) is 23.0 Å². The molecule has 1 aromatic heterocycles. The number of carbonyl (C=O) groups excluding carboxylic acids is 2. The summed E-state index contributed by atoms with van der Waals surface area (Å²) >= 11 is 0.563. The SMILES string of the molecule is CS(=O)(=O)N1C(=O)S/C(=C\c2cn(-c3ccccc3)nc2-c2cc(OCc3ccccc3)cc(OCc3ccccc3)c2)C1=O. The third-order valence-corrected chi connectivity index (χ3v) is 8.77. The Morgan fingerprint density at radius 1 is 0.778 bits per heavy atom. The van der Waals surface area contributed by atoms with Gasteiger partial charge in [-0.25, -0.2) is 13.1 Å². The minimum Gasteiger partial charge on any atom is -0.489 e. The minimum absolute atomic E-state index is 0.0312. The van der Waals surface area contributed by atoms with Gasteiger partial charge < -0.3 is 9.47 Å². The molecule has 1 saturated heterocycles. The molecule has 0 bridgehead atoms. The number of aromatic nitrogens is 2. The molecule has 0 unspecified atom stereocenters. The monoisotopic (exact) mass is 637 g/mol.